The van der Waals surface area contributed by atoms with Crippen molar-refractivity contribution in [1.82, 2.24) is 4.90 Å². The number of fused-ring (bicyclic) bond motifs is 1. The molecular formula is C13H15N. The first kappa shape index (κ1) is 9.30. The maximum atomic E-state index is 5.35. The summed E-state index contributed by atoms with van der Waals surface area (Å²) in [7, 11) is 0. The Kier molecular flexibility index (Phi) is 2.56. The van der Waals surface area contributed by atoms with Gasteiger partial charge in [0.25, 0.3) is 0 Å². The van der Waals surface area contributed by atoms with Crippen LogP contribution in [0.1, 0.15) is 18.1 Å². The molecule has 0 amide bonds. The molecule has 1 heterocycles. The zero-order valence-corrected chi connectivity index (χ0v) is 8.53. The predicted octanol–water partition coefficient (Wildman–Crippen LogP) is 2.07. The van der Waals surface area contributed by atoms with Crippen LogP contribution in [0.25, 0.3) is 0 Å². The molecule has 0 saturated heterocycles. The third kappa shape index (κ3) is 1.66. The summed E-state index contributed by atoms with van der Waals surface area (Å²) in [5.41, 5.74) is 2.91. The molecule has 0 unspecified atom stereocenters. The fraction of sp³-hybridized carbons (Fsp3) is 0.385. The van der Waals surface area contributed by atoms with Crippen LogP contribution in [0.5, 0.6) is 0 Å². The Hall–Kier alpha value is -1.26. The molecule has 1 aliphatic rings. The van der Waals surface area contributed by atoms with E-state index in [1.54, 1.807) is 0 Å². The van der Waals surface area contributed by atoms with E-state index < -0.39 is 0 Å². The highest BCUT2D eigenvalue weighted by atomic mass is 15.1. The van der Waals surface area contributed by atoms with Crippen LogP contribution in [0.3, 0.4) is 0 Å². The van der Waals surface area contributed by atoms with Crippen LogP contribution in [0.4, 0.5) is 0 Å². The van der Waals surface area contributed by atoms with Crippen molar-refractivity contribution >= 4 is 0 Å². The monoisotopic (exact) mass is 185 g/mol. The van der Waals surface area contributed by atoms with Crippen LogP contribution < -0.4 is 0 Å². The van der Waals surface area contributed by atoms with Crippen molar-refractivity contribution in [2.24, 2.45) is 0 Å². The lowest BCUT2D eigenvalue weighted by Crippen LogP contribution is -2.38. The smallest absolute Gasteiger partial charge is 0.0604 e. The molecule has 0 fully saturated rings. The first-order valence-corrected chi connectivity index (χ1v) is 5.05. The van der Waals surface area contributed by atoms with E-state index in [1.807, 2.05) is 0 Å². The largest absolute Gasteiger partial charge is 0.285 e. The number of hydrogen-bond acceptors (Lipinski definition) is 1. The van der Waals surface area contributed by atoms with Gasteiger partial charge in [0.2, 0.25) is 0 Å². The Morgan fingerprint density at radius 2 is 2.14 bits per heavy atom. The Labute approximate surface area is 85.7 Å². The molecule has 0 aromatic heterocycles. The van der Waals surface area contributed by atoms with Gasteiger partial charge in [-0.1, -0.05) is 30.2 Å². The summed E-state index contributed by atoms with van der Waals surface area (Å²) in [5, 5.41) is 0. The highest BCUT2D eigenvalue weighted by molar-refractivity contribution is 5.30. The van der Waals surface area contributed by atoms with Gasteiger partial charge in [0.05, 0.1) is 6.54 Å². The highest BCUT2D eigenvalue weighted by Gasteiger charge is 2.20. The number of nitrogens with zero attached hydrogens (tertiary/aromatic N) is 1. The summed E-state index contributed by atoms with van der Waals surface area (Å²) < 4.78 is 0. The molecule has 0 saturated carbocycles. The van der Waals surface area contributed by atoms with Gasteiger partial charge < -0.3 is 0 Å². The summed E-state index contributed by atoms with van der Waals surface area (Å²) in [6.45, 7) is 4.00. The average Bonchev–Trinajstić information content (AvgIpc) is 2.19. The molecule has 14 heavy (non-hydrogen) atoms. The molecule has 1 heteroatoms. The van der Waals surface area contributed by atoms with Crippen LogP contribution in [0.15, 0.2) is 24.3 Å². The van der Waals surface area contributed by atoms with Gasteiger partial charge in [0.1, 0.15) is 0 Å². The standard InChI is InChI=1S/C13H15N/c1-3-8-14-10-13-7-5-4-6-12(13)9-11(14)2/h1,4-7,11H,8-10H2,2H3/t11-/m1/s1. The first-order chi connectivity index (χ1) is 6.81. The lowest BCUT2D eigenvalue weighted by atomic mass is 9.95. The van der Waals surface area contributed by atoms with Crippen LogP contribution >= 0.6 is 0 Å². The maximum Gasteiger partial charge on any atom is 0.0604 e. The molecule has 0 bridgehead atoms. The van der Waals surface area contributed by atoms with E-state index in [9.17, 15) is 0 Å². The number of benzene rings is 1. The van der Waals surface area contributed by atoms with Crippen molar-refractivity contribution in [2.45, 2.75) is 25.9 Å². The second-order valence-corrected chi connectivity index (χ2v) is 3.93. The molecule has 1 aromatic carbocycles. The van der Waals surface area contributed by atoms with E-state index >= 15 is 0 Å². The normalized spacial score (nSPS) is 21.3. The van der Waals surface area contributed by atoms with Crippen LogP contribution in [0, 0.1) is 12.3 Å². The van der Waals surface area contributed by atoms with Gasteiger partial charge >= 0.3 is 0 Å². The Balaban J connectivity index is 2.23. The van der Waals surface area contributed by atoms with E-state index in [0.29, 0.717) is 6.04 Å². The minimum absolute atomic E-state index is 0.570. The van der Waals surface area contributed by atoms with Gasteiger partial charge in [-0.05, 0) is 24.5 Å². The quantitative estimate of drug-likeness (QED) is 0.605. The molecule has 1 atom stereocenters. The van der Waals surface area contributed by atoms with Crippen LogP contribution in [0.2, 0.25) is 0 Å². The van der Waals surface area contributed by atoms with Crippen molar-refractivity contribution in [1.29, 1.82) is 0 Å². The summed E-state index contributed by atoms with van der Waals surface area (Å²) in [5.74, 6) is 2.72. The molecule has 1 aromatic rings. The predicted molar refractivity (Wildman–Crippen MR) is 58.9 cm³/mol. The molecule has 0 radical (unpaired) electrons. The molecule has 1 aliphatic heterocycles. The Bertz CT molecular complexity index is 362. The minimum Gasteiger partial charge on any atom is -0.285 e. The molecule has 0 N–H and O–H groups in total. The minimum atomic E-state index is 0.570. The summed E-state index contributed by atoms with van der Waals surface area (Å²) in [6, 6.07) is 9.20. The second-order valence-electron chi connectivity index (χ2n) is 3.93. The van der Waals surface area contributed by atoms with E-state index in [-0.39, 0.29) is 0 Å². The Morgan fingerprint density at radius 3 is 2.86 bits per heavy atom. The van der Waals surface area contributed by atoms with Crippen molar-refractivity contribution in [3.8, 4) is 12.3 Å². The van der Waals surface area contributed by atoms with E-state index in [1.165, 1.54) is 11.1 Å². The van der Waals surface area contributed by atoms with Crippen molar-refractivity contribution < 1.29 is 0 Å². The molecule has 0 spiro atoms. The van der Waals surface area contributed by atoms with E-state index in [2.05, 4.69) is 42.0 Å². The molecule has 0 aliphatic carbocycles. The van der Waals surface area contributed by atoms with Crippen molar-refractivity contribution in [3.05, 3.63) is 35.4 Å². The molecular weight excluding hydrogens is 170 g/mol. The maximum absolute atomic E-state index is 5.35. The van der Waals surface area contributed by atoms with Crippen LogP contribution in [-0.2, 0) is 13.0 Å². The topological polar surface area (TPSA) is 3.24 Å². The van der Waals surface area contributed by atoms with Gasteiger partial charge in [-0.15, -0.1) is 6.42 Å². The van der Waals surface area contributed by atoms with E-state index in [4.69, 9.17) is 6.42 Å². The number of rotatable bonds is 1. The van der Waals surface area contributed by atoms with Gasteiger partial charge in [-0.3, -0.25) is 4.90 Å². The molecule has 72 valence electrons. The zero-order chi connectivity index (χ0) is 9.97. The fourth-order valence-electron chi connectivity index (χ4n) is 2.06. The Morgan fingerprint density at radius 1 is 1.43 bits per heavy atom. The third-order valence-electron chi connectivity index (χ3n) is 2.92. The third-order valence-corrected chi connectivity index (χ3v) is 2.92. The fourth-order valence-corrected chi connectivity index (χ4v) is 2.06. The SMILES string of the molecule is C#CCN1Cc2ccccc2C[C@H]1C. The summed E-state index contributed by atoms with van der Waals surface area (Å²) >= 11 is 0. The zero-order valence-electron chi connectivity index (χ0n) is 8.53. The van der Waals surface area contributed by atoms with Gasteiger partial charge in [0.15, 0.2) is 0 Å². The van der Waals surface area contributed by atoms with Crippen molar-refractivity contribution in [2.75, 3.05) is 6.54 Å². The lowest BCUT2D eigenvalue weighted by Gasteiger charge is -2.33. The van der Waals surface area contributed by atoms with Gasteiger partial charge in [0, 0.05) is 12.6 Å². The average molecular weight is 185 g/mol. The lowest BCUT2D eigenvalue weighted by molar-refractivity contribution is 0.209. The molecule has 1 nitrogen and oxygen atoms in total. The van der Waals surface area contributed by atoms with Crippen LogP contribution in [-0.4, -0.2) is 17.5 Å². The van der Waals surface area contributed by atoms with Gasteiger partial charge in [-0.2, -0.15) is 0 Å². The summed E-state index contributed by atoms with van der Waals surface area (Å²) in [4.78, 5) is 2.35. The summed E-state index contributed by atoms with van der Waals surface area (Å²) in [6.07, 6.45) is 6.47. The number of terminal acetylenes is 1. The first-order valence-electron chi connectivity index (χ1n) is 5.05. The highest BCUT2D eigenvalue weighted by Crippen LogP contribution is 2.22. The number of hydrogen-bond donors (Lipinski definition) is 0. The second kappa shape index (κ2) is 3.86. The van der Waals surface area contributed by atoms with Gasteiger partial charge in [-0.25, -0.2) is 0 Å². The van der Waals surface area contributed by atoms with E-state index in [0.717, 1.165) is 19.5 Å². The van der Waals surface area contributed by atoms with Crippen molar-refractivity contribution in [3.63, 3.8) is 0 Å². The molecule has 2 rings (SSSR count).